The van der Waals surface area contributed by atoms with Crippen molar-refractivity contribution < 1.29 is 0 Å². The Morgan fingerprint density at radius 1 is 1.67 bits per heavy atom. The number of thioether (sulfide) groups is 1. The Balaban J connectivity index is 2.44. The average Bonchev–Trinajstić information content (AvgIpc) is 2.50. The smallest absolute Gasteiger partial charge is 0.116 e. The highest BCUT2D eigenvalue weighted by Crippen LogP contribution is 2.17. The molecule has 1 aromatic heterocycles. The minimum Gasteiger partial charge on any atom is -0.271 e. The standard InChI is InChI=1S/C8H11N3S/c1-6-5-11-7(3-4-9-11)8(10-6)12-2/h3-4,6H,5H2,1-2H3/t6-/m0/s1. The highest BCUT2D eigenvalue weighted by atomic mass is 32.2. The normalized spacial score (nSPS) is 21.8. The molecule has 0 bridgehead atoms. The molecule has 0 amide bonds. The van der Waals surface area contributed by atoms with Crippen molar-refractivity contribution in [1.29, 1.82) is 0 Å². The molecule has 1 atom stereocenters. The van der Waals surface area contributed by atoms with E-state index in [1.807, 2.05) is 23.2 Å². The van der Waals surface area contributed by atoms with Gasteiger partial charge >= 0.3 is 0 Å². The third-order valence-corrected chi connectivity index (χ3v) is 2.61. The predicted octanol–water partition coefficient (Wildman–Crippen LogP) is 1.39. The van der Waals surface area contributed by atoms with Crippen molar-refractivity contribution in [3.63, 3.8) is 0 Å². The van der Waals surface area contributed by atoms with Crippen LogP contribution in [0.5, 0.6) is 0 Å². The lowest BCUT2D eigenvalue weighted by atomic mass is 10.3. The SMILES string of the molecule is CSC1=N[C@@H](C)Cn2nccc21. The molecule has 0 saturated heterocycles. The zero-order valence-corrected chi connectivity index (χ0v) is 8.01. The van der Waals surface area contributed by atoms with E-state index in [0.717, 1.165) is 17.3 Å². The third kappa shape index (κ3) is 1.16. The van der Waals surface area contributed by atoms with Crippen molar-refractivity contribution in [3.05, 3.63) is 18.0 Å². The molecule has 2 rings (SSSR count). The topological polar surface area (TPSA) is 30.2 Å². The largest absolute Gasteiger partial charge is 0.271 e. The molecule has 1 aromatic rings. The number of rotatable bonds is 0. The molecule has 1 aliphatic rings. The lowest BCUT2D eigenvalue weighted by molar-refractivity contribution is 0.525. The summed E-state index contributed by atoms with van der Waals surface area (Å²) in [4.78, 5) is 4.53. The Kier molecular flexibility index (Phi) is 1.92. The first-order valence-corrected chi connectivity index (χ1v) is 5.17. The van der Waals surface area contributed by atoms with Gasteiger partial charge in [0.05, 0.1) is 18.3 Å². The quantitative estimate of drug-likeness (QED) is 0.605. The molecule has 0 spiro atoms. The molecule has 0 unspecified atom stereocenters. The van der Waals surface area contributed by atoms with Gasteiger partial charge in [-0.25, -0.2) is 0 Å². The van der Waals surface area contributed by atoms with E-state index in [4.69, 9.17) is 0 Å². The second-order valence-electron chi connectivity index (χ2n) is 2.89. The van der Waals surface area contributed by atoms with E-state index < -0.39 is 0 Å². The van der Waals surface area contributed by atoms with Gasteiger partial charge in [0.1, 0.15) is 5.04 Å². The summed E-state index contributed by atoms with van der Waals surface area (Å²) in [6, 6.07) is 2.38. The Morgan fingerprint density at radius 3 is 3.25 bits per heavy atom. The molecule has 3 nitrogen and oxygen atoms in total. The van der Waals surface area contributed by atoms with E-state index in [-0.39, 0.29) is 0 Å². The number of nitrogens with zero attached hydrogens (tertiary/aromatic N) is 3. The molecule has 0 aromatic carbocycles. The fourth-order valence-corrected chi connectivity index (χ4v) is 2.04. The van der Waals surface area contributed by atoms with Crippen molar-refractivity contribution in [1.82, 2.24) is 9.78 Å². The number of aliphatic imine (C=N–C) groups is 1. The van der Waals surface area contributed by atoms with Crippen LogP contribution in [0.25, 0.3) is 0 Å². The molecule has 0 radical (unpaired) electrons. The lowest BCUT2D eigenvalue weighted by Gasteiger charge is -2.17. The van der Waals surface area contributed by atoms with Crippen LogP contribution >= 0.6 is 11.8 Å². The van der Waals surface area contributed by atoms with Gasteiger partial charge in [-0.1, -0.05) is 0 Å². The maximum atomic E-state index is 4.53. The minimum atomic E-state index is 0.361. The first-order chi connectivity index (χ1) is 5.81. The second kappa shape index (κ2) is 2.94. The van der Waals surface area contributed by atoms with Crippen LogP contribution in [0.2, 0.25) is 0 Å². The maximum Gasteiger partial charge on any atom is 0.116 e. The van der Waals surface area contributed by atoms with Gasteiger partial charge in [0.2, 0.25) is 0 Å². The third-order valence-electron chi connectivity index (χ3n) is 1.90. The fraction of sp³-hybridized carbons (Fsp3) is 0.500. The van der Waals surface area contributed by atoms with Crippen LogP contribution in [0.15, 0.2) is 17.3 Å². The molecule has 0 N–H and O–H groups in total. The number of hydrogen-bond donors (Lipinski definition) is 0. The Bertz CT molecular complexity index is 316. The van der Waals surface area contributed by atoms with E-state index >= 15 is 0 Å². The van der Waals surface area contributed by atoms with Crippen LogP contribution in [0.3, 0.4) is 0 Å². The molecular formula is C8H11N3S. The van der Waals surface area contributed by atoms with Gasteiger partial charge in [0, 0.05) is 6.20 Å². The van der Waals surface area contributed by atoms with Crippen LogP contribution in [-0.4, -0.2) is 27.1 Å². The van der Waals surface area contributed by atoms with Gasteiger partial charge in [-0.15, -0.1) is 11.8 Å². The van der Waals surface area contributed by atoms with Gasteiger partial charge in [-0.05, 0) is 19.2 Å². The zero-order chi connectivity index (χ0) is 8.55. The summed E-state index contributed by atoms with van der Waals surface area (Å²) in [6.07, 6.45) is 3.88. The summed E-state index contributed by atoms with van der Waals surface area (Å²) < 4.78 is 2.02. The Labute approximate surface area is 75.9 Å². The Hall–Kier alpha value is -0.770. The van der Waals surface area contributed by atoms with E-state index in [9.17, 15) is 0 Å². The minimum absolute atomic E-state index is 0.361. The molecule has 4 heteroatoms. The predicted molar refractivity (Wildman–Crippen MR) is 51.7 cm³/mol. The summed E-state index contributed by atoms with van der Waals surface area (Å²) in [5.41, 5.74) is 1.15. The lowest BCUT2D eigenvalue weighted by Crippen LogP contribution is -2.22. The first-order valence-electron chi connectivity index (χ1n) is 3.95. The molecule has 0 saturated carbocycles. The molecule has 12 heavy (non-hydrogen) atoms. The summed E-state index contributed by atoms with van der Waals surface area (Å²) >= 11 is 1.69. The summed E-state index contributed by atoms with van der Waals surface area (Å²) in [7, 11) is 0. The van der Waals surface area contributed by atoms with Crippen LogP contribution in [0.1, 0.15) is 12.6 Å². The number of aromatic nitrogens is 2. The van der Waals surface area contributed by atoms with Gasteiger partial charge in [0.15, 0.2) is 0 Å². The molecule has 2 heterocycles. The van der Waals surface area contributed by atoms with Crippen LogP contribution in [0.4, 0.5) is 0 Å². The van der Waals surface area contributed by atoms with E-state index in [2.05, 4.69) is 17.0 Å². The summed E-state index contributed by atoms with van der Waals surface area (Å²) in [5, 5.41) is 5.33. The van der Waals surface area contributed by atoms with Crippen LogP contribution in [0, 0.1) is 0 Å². The molecule has 0 fully saturated rings. The fourth-order valence-electron chi connectivity index (χ4n) is 1.37. The van der Waals surface area contributed by atoms with Crippen molar-refractivity contribution in [2.75, 3.05) is 6.26 Å². The highest BCUT2D eigenvalue weighted by molar-refractivity contribution is 8.13. The zero-order valence-electron chi connectivity index (χ0n) is 7.19. The summed E-state index contributed by atoms with van der Waals surface area (Å²) in [5.74, 6) is 0. The molecule has 64 valence electrons. The maximum absolute atomic E-state index is 4.53. The second-order valence-corrected chi connectivity index (χ2v) is 3.68. The highest BCUT2D eigenvalue weighted by Gasteiger charge is 2.17. The average molecular weight is 181 g/mol. The number of fused-ring (bicyclic) bond motifs is 1. The Morgan fingerprint density at radius 2 is 2.50 bits per heavy atom. The van der Waals surface area contributed by atoms with Gasteiger partial charge < -0.3 is 0 Å². The van der Waals surface area contributed by atoms with E-state index in [0.29, 0.717) is 6.04 Å². The van der Waals surface area contributed by atoms with Crippen molar-refractivity contribution in [3.8, 4) is 0 Å². The van der Waals surface area contributed by atoms with Gasteiger partial charge in [0.25, 0.3) is 0 Å². The van der Waals surface area contributed by atoms with E-state index in [1.165, 1.54) is 0 Å². The first kappa shape index (κ1) is 7.86. The molecule has 1 aliphatic heterocycles. The van der Waals surface area contributed by atoms with Crippen molar-refractivity contribution in [2.45, 2.75) is 19.5 Å². The van der Waals surface area contributed by atoms with Crippen LogP contribution < -0.4 is 0 Å². The van der Waals surface area contributed by atoms with Gasteiger partial charge in [-0.2, -0.15) is 5.10 Å². The van der Waals surface area contributed by atoms with Crippen LogP contribution in [-0.2, 0) is 6.54 Å². The van der Waals surface area contributed by atoms with E-state index in [1.54, 1.807) is 11.8 Å². The molecular weight excluding hydrogens is 170 g/mol. The summed E-state index contributed by atoms with van der Waals surface area (Å²) in [6.45, 7) is 3.02. The van der Waals surface area contributed by atoms with Crippen molar-refractivity contribution in [2.24, 2.45) is 4.99 Å². The van der Waals surface area contributed by atoms with Crippen molar-refractivity contribution >= 4 is 16.8 Å². The van der Waals surface area contributed by atoms with Gasteiger partial charge in [-0.3, -0.25) is 9.67 Å². The number of hydrogen-bond acceptors (Lipinski definition) is 3. The molecule has 0 aliphatic carbocycles. The monoisotopic (exact) mass is 181 g/mol.